The Hall–Kier alpha value is -2.83. The first-order valence-electron chi connectivity index (χ1n) is 8.85. The third kappa shape index (κ3) is 4.04. The van der Waals surface area contributed by atoms with Crippen LogP contribution >= 0.6 is 0 Å². The molecule has 26 heavy (non-hydrogen) atoms. The Morgan fingerprint density at radius 1 is 1.15 bits per heavy atom. The SMILES string of the molecule is CCOc1ccc(C(=O)N2CCN(c3cc(N(C)C)cnn3)CC2)cc1. The number of rotatable bonds is 5. The topological polar surface area (TPSA) is 61.8 Å². The molecule has 1 amide bonds. The number of benzene rings is 1. The van der Waals surface area contributed by atoms with E-state index in [9.17, 15) is 4.79 Å². The predicted octanol–water partition coefficient (Wildman–Crippen LogP) is 1.90. The van der Waals surface area contributed by atoms with Gasteiger partial charge in [0.15, 0.2) is 5.82 Å². The zero-order chi connectivity index (χ0) is 18.5. The molecule has 138 valence electrons. The second-order valence-corrected chi connectivity index (χ2v) is 6.40. The number of piperazine rings is 1. The molecule has 0 bridgehead atoms. The summed E-state index contributed by atoms with van der Waals surface area (Å²) in [7, 11) is 3.96. The summed E-state index contributed by atoms with van der Waals surface area (Å²) < 4.78 is 5.43. The van der Waals surface area contributed by atoms with Crippen LogP contribution in [0.1, 0.15) is 17.3 Å². The molecule has 1 aromatic heterocycles. The van der Waals surface area contributed by atoms with Gasteiger partial charge in [0.2, 0.25) is 0 Å². The van der Waals surface area contributed by atoms with Gasteiger partial charge in [0.05, 0.1) is 18.5 Å². The number of carbonyl (C=O) groups is 1. The van der Waals surface area contributed by atoms with Crippen molar-refractivity contribution in [3.8, 4) is 5.75 Å². The fourth-order valence-electron chi connectivity index (χ4n) is 2.93. The minimum atomic E-state index is 0.0563. The summed E-state index contributed by atoms with van der Waals surface area (Å²) in [4.78, 5) is 18.7. The molecule has 0 atom stereocenters. The highest BCUT2D eigenvalue weighted by Crippen LogP contribution is 2.20. The van der Waals surface area contributed by atoms with E-state index >= 15 is 0 Å². The Bertz CT molecular complexity index is 740. The fourth-order valence-corrected chi connectivity index (χ4v) is 2.93. The molecule has 0 N–H and O–H groups in total. The van der Waals surface area contributed by atoms with Crippen molar-refractivity contribution in [2.45, 2.75) is 6.92 Å². The molecule has 1 aliphatic heterocycles. The molecule has 0 saturated carbocycles. The molecular formula is C19H25N5O2. The van der Waals surface area contributed by atoms with Crippen LogP contribution in [0.2, 0.25) is 0 Å². The first kappa shape index (κ1) is 18.0. The maximum absolute atomic E-state index is 12.7. The Morgan fingerprint density at radius 2 is 1.85 bits per heavy atom. The van der Waals surface area contributed by atoms with Crippen molar-refractivity contribution in [1.82, 2.24) is 15.1 Å². The van der Waals surface area contributed by atoms with E-state index in [0.29, 0.717) is 25.3 Å². The van der Waals surface area contributed by atoms with Crippen molar-refractivity contribution in [1.29, 1.82) is 0 Å². The number of nitrogens with zero attached hydrogens (tertiary/aromatic N) is 5. The number of carbonyl (C=O) groups excluding carboxylic acids is 1. The van der Waals surface area contributed by atoms with Crippen molar-refractivity contribution in [3.63, 3.8) is 0 Å². The Morgan fingerprint density at radius 3 is 2.46 bits per heavy atom. The lowest BCUT2D eigenvalue weighted by atomic mass is 10.1. The van der Waals surface area contributed by atoms with Crippen molar-refractivity contribution >= 4 is 17.4 Å². The van der Waals surface area contributed by atoms with Gasteiger partial charge in [-0.25, -0.2) is 0 Å². The molecule has 0 spiro atoms. The maximum Gasteiger partial charge on any atom is 0.253 e. The number of anilines is 2. The summed E-state index contributed by atoms with van der Waals surface area (Å²) in [5.74, 6) is 1.69. The van der Waals surface area contributed by atoms with Crippen LogP contribution in [0.4, 0.5) is 11.5 Å². The van der Waals surface area contributed by atoms with Gasteiger partial charge in [0, 0.05) is 51.9 Å². The van der Waals surface area contributed by atoms with Gasteiger partial charge in [0.1, 0.15) is 5.75 Å². The summed E-state index contributed by atoms with van der Waals surface area (Å²) in [5, 5.41) is 8.31. The van der Waals surface area contributed by atoms with Crippen LogP contribution < -0.4 is 14.5 Å². The third-order valence-electron chi connectivity index (χ3n) is 4.45. The Balaban J connectivity index is 1.61. The lowest BCUT2D eigenvalue weighted by Crippen LogP contribution is -2.49. The second-order valence-electron chi connectivity index (χ2n) is 6.40. The van der Waals surface area contributed by atoms with Gasteiger partial charge in [-0.05, 0) is 31.2 Å². The van der Waals surface area contributed by atoms with Gasteiger partial charge in [-0.2, -0.15) is 5.10 Å². The van der Waals surface area contributed by atoms with E-state index in [4.69, 9.17) is 4.74 Å². The molecule has 7 nitrogen and oxygen atoms in total. The summed E-state index contributed by atoms with van der Waals surface area (Å²) in [6.45, 7) is 5.38. The second kappa shape index (κ2) is 8.03. The van der Waals surface area contributed by atoms with E-state index in [2.05, 4.69) is 15.1 Å². The van der Waals surface area contributed by atoms with Gasteiger partial charge >= 0.3 is 0 Å². The lowest BCUT2D eigenvalue weighted by Gasteiger charge is -2.35. The molecule has 7 heteroatoms. The molecule has 1 aromatic carbocycles. The molecule has 0 radical (unpaired) electrons. The molecular weight excluding hydrogens is 330 g/mol. The van der Waals surface area contributed by atoms with Crippen molar-refractivity contribution in [2.24, 2.45) is 0 Å². The normalized spacial score (nSPS) is 14.3. The number of hydrogen-bond donors (Lipinski definition) is 0. The number of ether oxygens (including phenoxy) is 1. The van der Waals surface area contributed by atoms with Crippen molar-refractivity contribution < 1.29 is 9.53 Å². The van der Waals surface area contributed by atoms with Crippen LogP contribution in [0.3, 0.4) is 0 Å². The molecule has 0 aliphatic carbocycles. The van der Waals surface area contributed by atoms with Crippen molar-refractivity contribution in [2.75, 3.05) is 56.7 Å². The van der Waals surface area contributed by atoms with Crippen LogP contribution in [0.5, 0.6) is 5.75 Å². The largest absolute Gasteiger partial charge is 0.494 e. The summed E-state index contributed by atoms with van der Waals surface area (Å²) >= 11 is 0. The first-order valence-corrected chi connectivity index (χ1v) is 8.85. The Kier molecular flexibility index (Phi) is 5.55. The van der Waals surface area contributed by atoms with Crippen LogP contribution in [-0.4, -0.2) is 67.9 Å². The first-order chi connectivity index (χ1) is 12.6. The van der Waals surface area contributed by atoms with E-state index in [1.54, 1.807) is 6.20 Å². The van der Waals surface area contributed by atoms with Gasteiger partial charge < -0.3 is 19.4 Å². The smallest absolute Gasteiger partial charge is 0.253 e. The van der Waals surface area contributed by atoms with Gasteiger partial charge in [-0.3, -0.25) is 4.79 Å². The van der Waals surface area contributed by atoms with Gasteiger partial charge in [-0.15, -0.1) is 5.10 Å². The number of amides is 1. The van der Waals surface area contributed by atoms with Gasteiger partial charge in [-0.1, -0.05) is 0 Å². The fraction of sp³-hybridized carbons (Fsp3) is 0.421. The maximum atomic E-state index is 12.7. The van der Waals surface area contributed by atoms with Crippen LogP contribution in [0, 0.1) is 0 Å². The van der Waals surface area contributed by atoms with Crippen LogP contribution in [-0.2, 0) is 0 Å². The molecule has 2 heterocycles. The minimum absolute atomic E-state index is 0.0563. The van der Waals surface area contributed by atoms with E-state index in [0.717, 1.165) is 30.3 Å². The average Bonchev–Trinajstić information content (AvgIpc) is 2.68. The molecule has 2 aromatic rings. The molecule has 1 aliphatic rings. The number of aromatic nitrogens is 2. The molecule has 1 fully saturated rings. The van der Waals surface area contributed by atoms with E-state index in [-0.39, 0.29) is 5.91 Å². The lowest BCUT2D eigenvalue weighted by molar-refractivity contribution is 0.0746. The van der Waals surface area contributed by atoms with Gasteiger partial charge in [0.25, 0.3) is 5.91 Å². The summed E-state index contributed by atoms with van der Waals surface area (Å²) in [6, 6.07) is 9.36. The zero-order valence-corrected chi connectivity index (χ0v) is 15.6. The minimum Gasteiger partial charge on any atom is -0.494 e. The van der Waals surface area contributed by atoms with Crippen LogP contribution in [0.15, 0.2) is 36.5 Å². The van der Waals surface area contributed by atoms with E-state index in [1.165, 1.54) is 0 Å². The molecule has 1 saturated heterocycles. The predicted molar refractivity (Wildman–Crippen MR) is 102 cm³/mol. The highest BCUT2D eigenvalue weighted by Gasteiger charge is 2.23. The standard InChI is InChI=1S/C19H25N5O2/c1-4-26-17-7-5-15(6-8-17)19(25)24-11-9-23(10-12-24)18-13-16(22(2)3)14-20-21-18/h5-8,13-14H,4,9-12H2,1-3H3. The van der Waals surface area contributed by atoms with E-state index in [1.807, 2.05) is 61.2 Å². The summed E-state index contributed by atoms with van der Waals surface area (Å²) in [6.07, 6.45) is 1.75. The third-order valence-corrected chi connectivity index (χ3v) is 4.45. The average molecular weight is 355 g/mol. The Labute approximate surface area is 154 Å². The summed E-state index contributed by atoms with van der Waals surface area (Å²) in [5.41, 5.74) is 1.71. The quantitative estimate of drug-likeness (QED) is 0.816. The van der Waals surface area contributed by atoms with E-state index < -0.39 is 0 Å². The molecule has 0 unspecified atom stereocenters. The molecule has 3 rings (SSSR count). The van der Waals surface area contributed by atoms with Crippen molar-refractivity contribution in [3.05, 3.63) is 42.1 Å². The van der Waals surface area contributed by atoms with Crippen LogP contribution in [0.25, 0.3) is 0 Å². The zero-order valence-electron chi connectivity index (χ0n) is 15.6. The highest BCUT2D eigenvalue weighted by molar-refractivity contribution is 5.94. The highest BCUT2D eigenvalue weighted by atomic mass is 16.5. The number of hydrogen-bond acceptors (Lipinski definition) is 6. The monoisotopic (exact) mass is 355 g/mol.